The predicted octanol–water partition coefficient (Wildman–Crippen LogP) is 6.00. The maximum absolute atomic E-state index is 13.1. The minimum absolute atomic E-state index is 0.0711. The van der Waals surface area contributed by atoms with E-state index in [2.05, 4.69) is 43.5 Å². The van der Waals surface area contributed by atoms with Gasteiger partial charge in [-0.2, -0.15) is 0 Å². The lowest BCUT2D eigenvalue weighted by atomic mass is 9.86. The molecule has 0 saturated carbocycles. The third-order valence-corrected chi connectivity index (χ3v) is 6.05. The van der Waals surface area contributed by atoms with Crippen LogP contribution < -0.4 is 10.6 Å². The van der Waals surface area contributed by atoms with Crippen molar-refractivity contribution in [3.63, 3.8) is 0 Å². The first-order valence-corrected chi connectivity index (χ1v) is 11.6. The highest BCUT2D eigenvalue weighted by atomic mass is 32.1. The van der Waals surface area contributed by atoms with Gasteiger partial charge in [0, 0.05) is 10.4 Å². The van der Waals surface area contributed by atoms with E-state index in [0.29, 0.717) is 5.56 Å². The Balaban J connectivity index is 1.79. The van der Waals surface area contributed by atoms with Crippen LogP contribution in [0.25, 0.3) is 6.08 Å². The number of rotatable bonds is 6. The quantitative estimate of drug-likeness (QED) is 0.456. The molecule has 0 radical (unpaired) electrons. The van der Waals surface area contributed by atoms with Gasteiger partial charge in [-0.25, -0.2) is 0 Å². The van der Waals surface area contributed by atoms with E-state index in [9.17, 15) is 9.59 Å². The van der Waals surface area contributed by atoms with Gasteiger partial charge in [0.05, 0.1) is 6.04 Å². The molecule has 3 rings (SSSR count). The van der Waals surface area contributed by atoms with Crippen LogP contribution in [0.1, 0.15) is 65.7 Å². The van der Waals surface area contributed by atoms with Crippen LogP contribution in [-0.4, -0.2) is 11.8 Å². The van der Waals surface area contributed by atoms with Gasteiger partial charge in [-0.3, -0.25) is 9.59 Å². The summed E-state index contributed by atoms with van der Waals surface area (Å²) >= 11 is 1.51. The fraction of sp³-hybridized carbons (Fsp3) is 0.259. The van der Waals surface area contributed by atoms with Gasteiger partial charge in [-0.05, 0) is 60.0 Å². The molecule has 0 saturated heterocycles. The van der Waals surface area contributed by atoms with Gasteiger partial charge in [0.15, 0.2) is 0 Å². The third kappa shape index (κ3) is 6.17. The van der Waals surface area contributed by atoms with Crippen LogP contribution in [0.3, 0.4) is 0 Å². The molecular formula is C27H30N2O2S. The monoisotopic (exact) mass is 446 g/mol. The summed E-state index contributed by atoms with van der Waals surface area (Å²) in [5, 5.41) is 7.75. The van der Waals surface area contributed by atoms with Gasteiger partial charge < -0.3 is 10.6 Å². The van der Waals surface area contributed by atoms with Crippen LogP contribution in [-0.2, 0) is 10.2 Å². The molecule has 1 aromatic heterocycles. The zero-order valence-electron chi connectivity index (χ0n) is 19.2. The molecule has 0 aliphatic heterocycles. The summed E-state index contributed by atoms with van der Waals surface area (Å²) in [6, 6.07) is 19.2. The van der Waals surface area contributed by atoms with Crippen molar-refractivity contribution < 1.29 is 9.59 Å². The molecule has 4 nitrogen and oxygen atoms in total. The van der Waals surface area contributed by atoms with Gasteiger partial charge in [0.25, 0.3) is 11.8 Å². The Hall–Kier alpha value is -3.18. The first kappa shape index (κ1) is 23.5. The number of aryl methyl sites for hydroxylation is 1. The summed E-state index contributed by atoms with van der Waals surface area (Å²) in [6.07, 6.45) is 1.71. The number of hydrogen-bond acceptors (Lipinski definition) is 3. The van der Waals surface area contributed by atoms with Gasteiger partial charge >= 0.3 is 0 Å². The van der Waals surface area contributed by atoms with Gasteiger partial charge in [0.1, 0.15) is 5.70 Å². The predicted molar refractivity (Wildman–Crippen MR) is 133 cm³/mol. The molecule has 0 aliphatic carbocycles. The zero-order valence-corrected chi connectivity index (χ0v) is 20.0. The summed E-state index contributed by atoms with van der Waals surface area (Å²) in [5.74, 6) is -0.638. The van der Waals surface area contributed by atoms with E-state index in [1.54, 1.807) is 18.2 Å². The fourth-order valence-electron chi connectivity index (χ4n) is 3.28. The van der Waals surface area contributed by atoms with Crippen molar-refractivity contribution in [2.24, 2.45) is 0 Å². The second kappa shape index (κ2) is 9.96. The molecule has 166 valence electrons. The van der Waals surface area contributed by atoms with Crippen LogP contribution in [0.4, 0.5) is 0 Å². The van der Waals surface area contributed by atoms with Crippen LogP contribution in [0.5, 0.6) is 0 Å². The summed E-state index contributed by atoms with van der Waals surface area (Å²) in [7, 11) is 0. The SMILES string of the molecule is Cc1cccc(C(=O)N/C(=C\c2cccs2)C(=O)NC(C)c2ccc(C(C)(C)C)cc2)c1. The van der Waals surface area contributed by atoms with Gasteiger partial charge in [-0.15, -0.1) is 11.3 Å². The highest BCUT2D eigenvalue weighted by Crippen LogP contribution is 2.24. The number of carbonyl (C=O) groups is 2. The smallest absolute Gasteiger partial charge is 0.268 e. The minimum atomic E-state index is -0.327. The Morgan fingerprint density at radius 1 is 1.00 bits per heavy atom. The van der Waals surface area contributed by atoms with Crippen molar-refractivity contribution in [2.45, 2.75) is 46.1 Å². The molecule has 0 fully saturated rings. The molecule has 1 unspecified atom stereocenters. The van der Waals surface area contributed by atoms with E-state index in [1.165, 1.54) is 16.9 Å². The lowest BCUT2D eigenvalue weighted by Gasteiger charge is -2.21. The summed E-state index contributed by atoms with van der Waals surface area (Å²) in [5.41, 5.74) is 4.04. The number of amides is 2. The standard InChI is InChI=1S/C27H30N2O2S/c1-18-8-6-9-21(16-18)25(30)29-24(17-23-10-7-15-32-23)26(31)28-19(2)20-11-13-22(14-12-20)27(3,4)5/h6-17,19H,1-5H3,(H,28,31)(H,29,30)/b24-17-. The topological polar surface area (TPSA) is 58.2 Å². The lowest BCUT2D eigenvalue weighted by molar-refractivity contribution is -0.118. The Morgan fingerprint density at radius 3 is 2.31 bits per heavy atom. The maximum atomic E-state index is 13.1. The van der Waals surface area contributed by atoms with Crippen molar-refractivity contribution in [3.8, 4) is 0 Å². The maximum Gasteiger partial charge on any atom is 0.268 e. The molecule has 5 heteroatoms. The largest absolute Gasteiger partial charge is 0.344 e. The van der Waals surface area contributed by atoms with Crippen LogP contribution in [0.15, 0.2) is 71.7 Å². The van der Waals surface area contributed by atoms with Crippen molar-refractivity contribution in [1.82, 2.24) is 10.6 Å². The summed E-state index contributed by atoms with van der Waals surface area (Å²) in [4.78, 5) is 26.8. The second-order valence-corrected chi connectivity index (χ2v) is 9.94. The molecule has 0 aliphatic rings. The van der Waals surface area contributed by atoms with Crippen LogP contribution in [0, 0.1) is 6.92 Å². The summed E-state index contributed by atoms with van der Waals surface area (Å²) < 4.78 is 0. The zero-order chi connectivity index (χ0) is 23.3. The molecule has 1 heterocycles. The Morgan fingerprint density at radius 2 is 1.72 bits per heavy atom. The van der Waals surface area contributed by atoms with Crippen molar-refractivity contribution in [3.05, 3.63) is 98.9 Å². The molecular weight excluding hydrogens is 416 g/mol. The molecule has 1 atom stereocenters. The lowest BCUT2D eigenvalue weighted by Crippen LogP contribution is -2.36. The Bertz CT molecular complexity index is 1110. The third-order valence-electron chi connectivity index (χ3n) is 5.23. The first-order chi connectivity index (χ1) is 15.1. The average molecular weight is 447 g/mol. The average Bonchev–Trinajstić information content (AvgIpc) is 3.25. The van der Waals surface area contributed by atoms with E-state index in [0.717, 1.165) is 16.0 Å². The van der Waals surface area contributed by atoms with Crippen molar-refractivity contribution >= 4 is 29.2 Å². The summed E-state index contributed by atoms with van der Waals surface area (Å²) in [6.45, 7) is 10.4. The van der Waals surface area contributed by atoms with E-state index >= 15 is 0 Å². The van der Waals surface area contributed by atoms with E-state index in [-0.39, 0.29) is 29.0 Å². The Labute approximate surface area is 194 Å². The number of thiophene rings is 1. The molecule has 3 aromatic rings. The number of hydrogen-bond donors (Lipinski definition) is 2. The first-order valence-electron chi connectivity index (χ1n) is 10.7. The minimum Gasteiger partial charge on any atom is -0.344 e. The van der Waals surface area contributed by atoms with E-state index in [4.69, 9.17) is 0 Å². The van der Waals surface area contributed by atoms with Crippen LogP contribution in [0.2, 0.25) is 0 Å². The van der Waals surface area contributed by atoms with Crippen molar-refractivity contribution in [2.75, 3.05) is 0 Å². The van der Waals surface area contributed by atoms with Crippen LogP contribution >= 0.6 is 11.3 Å². The molecule has 0 spiro atoms. The van der Waals surface area contributed by atoms with E-state index in [1.807, 2.05) is 55.6 Å². The van der Waals surface area contributed by atoms with Gasteiger partial charge in [-0.1, -0.05) is 68.8 Å². The highest BCUT2D eigenvalue weighted by molar-refractivity contribution is 7.10. The normalized spacial score (nSPS) is 12.8. The molecule has 0 bridgehead atoms. The highest BCUT2D eigenvalue weighted by Gasteiger charge is 2.19. The molecule has 2 aromatic carbocycles. The van der Waals surface area contributed by atoms with Crippen molar-refractivity contribution in [1.29, 1.82) is 0 Å². The number of carbonyl (C=O) groups excluding carboxylic acids is 2. The molecule has 32 heavy (non-hydrogen) atoms. The van der Waals surface area contributed by atoms with E-state index < -0.39 is 0 Å². The number of nitrogens with one attached hydrogen (secondary N) is 2. The number of benzene rings is 2. The molecule has 2 amide bonds. The van der Waals surface area contributed by atoms with Gasteiger partial charge in [0.2, 0.25) is 0 Å². The second-order valence-electron chi connectivity index (χ2n) is 8.96. The Kier molecular flexibility index (Phi) is 7.31. The molecule has 2 N–H and O–H groups in total. The fourth-order valence-corrected chi connectivity index (χ4v) is 3.94.